The molecule has 4 aromatic rings. The summed E-state index contributed by atoms with van der Waals surface area (Å²) in [6, 6.07) is 22.8. The molecule has 0 N–H and O–H groups in total. The van der Waals surface area contributed by atoms with Gasteiger partial charge in [-0.15, -0.1) is 0 Å². The number of hydrogen-bond acceptors (Lipinski definition) is 0. The Hall–Kier alpha value is -2.34. The molecule has 0 bridgehead atoms. The van der Waals surface area contributed by atoms with Crippen LogP contribution in [-0.2, 0) is 0 Å². The smallest absolute Gasteiger partial charge is 0.00989 e. The van der Waals surface area contributed by atoms with Crippen molar-refractivity contribution >= 4 is 32.3 Å². The van der Waals surface area contributed by atoms with Crippen molar-refractivity contribution in [3.8, 4) is 0 Å². The van der Waals surface area contributed by atoms with Gasteiger partial charge in [-0.3, -0.25) is 0 Å². The van der Waals surface area contributed by atoms with Crippen LogP contribution in [-0.4, -0.2) is 0 Å². The van der Waals surface area contributed by atoms with Crippen LogP contribution in [0.5, 0.6) is 0 Å². The first-order valence-electron chi connectivity index (χ1n) is 9.52. The molecule has 0 saturated carbocycles. The van der Waals surface area contributed by atoms with Crippen LogP contribution in [0.3, 0.4) is 0 Å². The summed E-state index contributed by atoms with van der Waals surface area (Å²) in [6.45, 7) is 7.22. The Morgan fingerprint density at radius 2 is 1.28 bits per heavy atom. The van der Waals surface area contributed by atoms with Crippen molar-refractivity contribution in [1.29, 1.82) is 0 Å². The molecule has 1 aliphatic carbocycles. The lowest BCUT2D eigenvalue weighted by Crippen LogP contribution is -2.19. The first-order chi connectivity index (χ1) is 12.1. The molecule has 0 amide bonds. The van der Waals surface area contributed by atoms with E-state index in [9.17, 15) is 0 Å². The molecule has 0 radical (unpaired) electrons. The third kappa shape index (κ3) is 2.07. The fourth-order valence-electron chi connectivity index (χ4n) is 5.06. The maximum Gasteiger partial charge on any atom is -0.00989 e. The van der Waals surface area contributed by atoms with Gasteiger partial charge in [0, 0.05) is 0 Å². The normalized spacial score (nSPS) is 23.2. The van der Waals surface area contributed by atoms with Crippen molar-refractivity contribution in [3.63, 3.8) is 0 Å². The second kappa shape index (κ2) is 5.33. The lowest BCUT2D eigenvalue weighted by molar-refractivity contribution is 0.391. The van der Waals surface area contributed by atoms with Crippen LogP contribution < -0.4 is 0 Å². The minimum atomic E-state index is 0.632. The summed E-state index contributed by atoms with van der Waals surface area (Å²) in [5.74, 6) is 2.05. The molecule has 0 heteroatoms. The largest absolute Gasteiger partial charge is 0.0619 e. The van der Waals surface area contributed by atoms with Crippen LogP contribution in [0.2, 0.25) is 0 Å². The van der Waals surface area contributed by atoms with E-state index in [1.165, 1.54) is 38.7 Å². The SMILES string of the molecule is CC1CC(C)C(C)c2c1ccc1c2ccc2c3ccccc3ccc12. The minimum Gasteiger partial charge on any atom is -0.0619 e. The molecule has 0 fully saturated rings. The summed E-state index contributed by atoms with van der Waals surface area (Å²) in [5, 5.41) is 8.31. The van der Waals surface area contributed by atoms with E-state index in [1.54, 1.807) is 11.1 Å². The molecule has 1 aliphatic rings. The molecular weight excluding hydrogens is 300 g/mol. The fraction of sp³-hybridized carbons (Fsp3) is 0.280. The molecule has 25 heavy (non-hydrogen) atoms. The van der Waals surface area contributed by atoms with Gasteiger partial charge < -0.3 is 0 Å². The Morgan fingerprint density at radius 1 is 0.640 bits per heavy atom. The second-order valence-electron chi connectivity index (χ2n) is 8.01. The quantitative estimate of drug-likeness (QED) is 0.296. The van der Waals surface area contributed by atoms with Crippen molar-refractivity contribution in [3.05, 3.63) is 71.8 Å². The predicted octanol–water partition coefficient (Wildman–Crippen LogP) is 7.39. The lowest BCUT2D eigenvalue weighted by atomic mass is 9.70. The molecule has 0 aliphatic heterocycles. The minimum absolute atomic E-state index is 0.632. The van der Waals surface area contributed by atoms with E-state index >= 15 is 0 Å². The van der Waals surface area contributed by atoms with E-state index in [2.05, 4.69) is 81.4 Å². The van der Waals surface area contributed by atoms with Crippen LogP contribution in [0, 0.1) is 5.92 Å². The average Bonchev–Trinajstić information content (AvgIpc) is 2.64. The number of benzene rings is 4. The van der Waals surface area contributed by atoms with Crippen molar-refractivity contribution in [2.75, 3.05) is 0 Å². The van der Waals surface area contributed by atoms with Crippen molar-refractivity contribution < 1.29 is 0 Å². The molecule has 5 rings (SSSR count). The summed E-state index contributed by atoms with van der Waals surface area (Å²) < 4.78 is 0. The van der Waals surface area contributed by atoms with Gasteiger partial charge in [-0.05, 0) is 67.6 Å². The molecular formula is C25H24. The van der Waals surface area contributed by atoms with Crippen molar-refractivity contribution in [1.82, 2.24) is 0 Å². The summed E-state index contributed by atoms with van der Waals surface area (Å²) in [4.78, 5) is 0. The summed E-state index contributed by atoms with van der Waals surface area (Å²) in [6.07, 6.45) is 1.30. The van der Waals surface area contributed by atoms with Gasteiger partial charge in [0.1, 0.15) is 0 Å². The zero-order valence-corrected chi connectivity index (χ0v) is 15.2. The summed E-state index contributed by atoms with van der Waals surface area (Å²) in [7, 11) is 0. The van der Waals surface area contributed by atoms with Crippen LogP contribution >= 0.6 is 0 Å². The van der Waals surface area contributed by atoms with E-state index in [1.807, 2.05) is 0 Å². The third-order valence-corrected chi connectivity index (χ3v) is 6.56. The summed E-state index contributed by atoms with van der Waals surface area (Å²) in [5.41, 5.74) is 3.16. The standard InChI is InChI=1S/C25H24/c1-15-14-16(2)19-10-11-23-22-9-8-18-6-4-5-7-20(18)21(22)12-13-24(23)25(19)17(15)3/h4-13,15-17H,14H2,1-3H3. The van der Waals surface area contributed by atoms with Crippen molar-refractivity contribution in [2.24, 2.45) is 5.92 Å². The van der Waals surface area contributed by atoms with Gasteiger partial charge in [-0.1, -0.05) is 81.4 Å². The zero-order chi connectivity index (χ0) is 17.1. The molecule has 0 aromatic heterocycles. The Kier molecular flexibility index (Phi) is 3.19. The first kappa shape index (κ1) is 15.0. The number of fused-ring (bicyclic) bond motifs is 7. The Morgan fingerprint density at radius 3 is 2.16 bits per heavy atom. The molecule has 3 atom stereocenters. The highest BCUT2D eigenvalue weighted by molar-refractivity contribution is 6.17. The van der Waals surface area contributed by atoms with Gasteiger partial charge in [0.25, 0.3) is 0 Å². The topological polar surface area (TPSA) is 0 Å². The average molecular weight is 324 g/mol. The maximum atomic E-state index is 2.42. The zero-order valence-electron chi connectivity index (χ0n) is 15.2. The van der Waals surface area contributed by atoms with E-state index in [-0.39, 0.29) is 0 Å². The molecule has 0 spiro atoms. The summed E-state index contributed by atoms with van der Waals surface area (Å²) >= 11 is 0. The van der Waals surface area contributed by atoms with Gasteiger partial charge in [-0.25, -0.2) is 0 Å². The Balaban J connectivity index is 1.91. The second-order valence-corrected chi connectivity index (χ2v) is 8.01. The highest BCUT2D eigenvalue weighted by atomic mass is 14.3. The van der Waals surface area contributed by atoms with Gasteiger partial charge >= 0.3 is 0 Å². The van der Waals surface area contributed by atoms with Gasteiger partial charge in [0.2, 0.25) is 0 Å². The van der Waals surface area contributed by atoms with Gasteiger partial charge in [0.05, 0.1) is 0 Å². The first-order valence-corrected chi connectivity index (χ1v) is 9.52. The Bertz CT molecular complexity index is 1120. The predicted molar refractivity (Wildman–Crippen MR) is 110 cm³/mol. The van der Waals surface area contributed by atoms with Gasteiger partial charge in [-0.2, -0.15) is 0 Å². The highest BCUT2D eigenvalue weighted by Crippen LogP contribution is 2.46. The van der Waals surface area contributed by atoms with E-state index < -0.39 is 0 Å². The van der Waals surface area contributed by atoms with Crippen LogP contribution in [0.1, 0.15) is 50.2 Å². The third-order valence-electron chi connectivity index (χ3n) is 6.56. The van der Waals surface area contributed by atoms with E-state index in [4.69, 9.17) is 0 Å². The molecule has 0 saturated heterocycles. The molecule has 4 aromatic carbocycles. The highest BCUT2D eigenvalue weighted by Gasteiger charge is 2.29. The van der Waals surface area contributed by atoms with E-state index in [0.717, 1.165) is 5.92 Å². The molecule has 3 unspecified atom stereocenters. The van der Waals surface area contributed by atoms with Crippen LogP contribution in [0.4, 0.5) is 0 Å². The monoisotopic (exact) mass is 324 g/mol. The number of hydrogen-bond donors (Lipinski definition) is 0. The molecule has 0 nitrogen and oxygen atoms in total. The lowest BCUT2D eigenvalue weighted by Gasteiger charge is -2.34. The van der Waals surface area contributed by atoms with E-state index in [0.29, 0.717) is 11.8 Å². The van der Waals surface area contributed by atoms with Crippen LogP contribution in [0.25, 0.3) is 32.3 Å². The molecule has 0 heterocycles. The molecule has 124 valence electrons. The maximum absolute atomic E-state index is 2.42. The number of rotatable bonds is 0. The van der Waals surface area contributed by atoms with Crippen LogP contribution in [0.15, 0.2) is 60.7 Å². The van der Waals surface area contributed by atoms with Crippen molar-refractivity contribution in [2.45, 2.75) is 39.0 Å². The fourth-order valence-corrected chi connectivity index (χ4v) is 5.06. The Labute approximate surface area is 149 Å². The van der Waals surface area contributed by atoms with Gasteiger partial charge in [0.15, 0.2) is 0 Å².